The minimum absolute atomic E-state index is 0.397. The van der Waals surface area contributed by atoms with Gasteiger partial charge < -0.3 is 15.0 Å². The second kappa shape index (κ2) is 6.90. The minimum atomic E-state index is 0.397. The summed E-state index contributed by atoms with van der Waals surface area (Å²) in [5, 5.41) is 5.69. The molecule has 4 aromatic rings. The van der Waals surface area contributed by atoms with Gasteiger partial charge in [0.2, 0.25) is 5.95 Å². The summed E-state index contributed by atoms with van der Waals surface area (Å²) in [6.07, 6.45) is 12.4. The van der Waals surface area contributed by atoms with Gasteiger partial charge in [0, 0.05) is 63.9 Å². The maximum atomic E-state index is 5.45. The summed E-state index contributed by atoms with van der Waals surface area (Å²) < 4.78 is 6.68. The first kappa shape index (κ1) is 16.6. The van der Waals surface area contributed by atoms with Crippen LogP contribution in [0.3, 0.4) is 0 Å². The SMILES string of the molecule is CO[C@H]1CC[C@@H](Nc2ncc3c(-c4cc5cnccc5s4)c[nH]c3n2)CC1. The number of anilines is 1. The average Bonchev–Trinajstić information content (AvgIpc) is 3.32. The van der Waals surface area contributed by atoms with E-state index in [2.05, 4.69) is 32.4 Å². The van der Waals surface area contributed by atoms with Crippen LogP contribution in [0.1, 0.15) is 25.7 Å². The van der Waals surface area contributed by atoms with E-state index in [-0.39, 0.29) is 0 Å². The van der Waals surface area contributed by atoms with Crippen LogP contribution in [0, 0.1) is 0 Å². The smallest absolute Gasteiger partial charge is 0.224 e. The van der Waals surface area contributed by atoms with E-state index in [1.807, 2.05) is 24.8 Å². The van der Waals surface area contributed by atoms with Crippen molar-refractivity contribution in [1.29, 1.82) is 0 Å². The number of methoxy groups -OCH3 is 1. The number of aromatic amines is 1. The Labute approximate surface area is 161 Å². The molecule has 0 atom stereocenters. The van der Waals surface area contributed by atoms with Crippen molar-refractivity contribution in [3.05, 3.63) is 36.9 Å². The quantitative estimate of drug-likeness (QED) is 0.542. The molecule has 138 valence electrons. The van der Waals surface area contributed by atoms with Gasteiger partial charge in [0.25, 0.3) is 0 Å². The summed E-state index contributed by atoms with van der Waals surface area (Å²) in [6, 6.07) is 4.64. The highest BCUT2D eigenvalue weighted by atomic mass is 32.1. The highest BCUT2D eigenvalue weighted by molar-refractivity contribution is 7.22. The second-order valence-electron chi connectivity index (χ2n) is 7.04. The van der Waals surface area contributed by atoms with Gasteiger partial charge in [0.05, 0.1) is 6.10 Å². The zero-order chi connectivity index (χ0) is 18.2. The molecule has 6 nitrogen and oxygen atoms in total. The molecule has 1 aliphatic rings. The molecule has 0 bridgehead atoms. The van der Waals surface area contributed by atoms with Crippen LogP contribution in [-0.2, 0) is 4.74 Å². The Bertz CT molecular complexity index is 1050. The average molecular weight is 379 g/mol. The van der Waals surface area contributed by atoms with Crippen LogP contribution >= 0.6 is 11.3 Å². The summed E-state index contributed by atoms with van der Waals surface area (Å²) in [6.45, 7) is 0. The molecule has 1 saturated carbocycles. The molecule has 0 radical (unpaired) electrons. The lowest BCUT2D eigenvalue weighted by Gasteiger charge is -2.28. The fourth-order valence-corrected chi connectivity index (χ4v) is 4.88. The van der Waals surface area contributed by atoms with Gasteiger partial charge in [-0.1, -0.05) is 0 Å². The fourth-order valence-electron chi connectivity index (χ4n) is 3.82. The fraction of sp³-hybridized carbons (Fsp3) is 0.350. The number of hydrogen-bond acceptors (Lipinski definition) is 6. The van der Waals surface area contributed by atoms with Crippen molar-refractivity contribution in [1.82, 2.24) is 19.9 Å². The lowest BCUT2D eigenvalue weighted by molar-refractivity contribution is 0.0681. The van der Waals surface area contributed by atoms with Crippen molar-refractivity contribution in [3.63, 3.8) is 0 Å². The van der Waals surface area contributed by atoms with E-state index in [1.165, 1.54) is 9.58 Å². The molecule has 4 heterocycles. The van der Waals surface area contributed by atoms with Crippen LogP contribution in [0.5, 0.6) is 0 Å². The third-order valence-corrected chi connectivity index (χ3v) is 6.50. The minimum Gasteiger partial charge on any atom is -0.381 e. The van der Waals surface area contributed by atoms with Crippen LogP contribution in [-0.4, -0.2) is 39.2 Å². The van der Waals surface area contributed by atoms with E-state index >= 15 is 0 Å². The number of pyridine rings is 1. The third-order valence-electron chi connectivity index (χ3n) is 5.36. The third kappa shape index (κ3) is 3.17. The molecule has 4 aromatic heterocycles. The van der Waals surface area contributed by atoms with Gasteiger partial charge in [-0.2, -0.15) is 4.98 Å². The highest BCUT2D eigenvalue weighted by Crippen LogP contribution is 2.36. The van der Waals surface area contributed by atoms with Crippen molar-refractivity contribution >= 4 is 38.4 Å². The van der Waals surface area contributed by atoms with Crippen LogP contribution in [0.4, 0.5) is 5.95 Å². The summed E-state index contributed by atoms with van der Waals surface area (Å²) in [5.74, 6) is 0.692. The number of rotatable bonds is 4. The summed E-state index contributed by atoms with van der Waals surface area (Å²) in [7, 11) is 1.80. The Morgan fingerprint density at radius 2 is 2.11 bits per heavy atom. The number of thiophene rings is 1. The Morgan fingerprint density at radius 3 is 2.93 bits per heavy atom. The van der Waals surface area contributed by atoms with E-state index < -0.39 is 0 Å². The molecule has 0 aromatic carbocycles. The Morgan fingerprint density at radius 1 is 1.22 bits per heavy atom. The Kier molecular flexibility index (Phi) is 4.26. The van der Waals surface area contributed by atoms with Crippen molar-refractivity contribution in [2.24, 2.45) is 0 Å². The topological polar surface area (TPSA) is 75.7 Å². The molecule has 0 aliphatic heterocycles. The van der Waals surface area contributed by atoms with Gasteiger partial charge >= 0.3 is 0 Å². The van der Waals surface area contributed by atoms with Crippen molar-refractivity contribution in [3.8, 4) is 10.4 Å². The van der Waals surface area contributed by atoms with Crippen LogP contribution in [0.15, 0.2) is 36.9 Å². The molecule has 1 aliphatic carbocycles. The molecule has 2 N–H and O–H groups in total. The molecule has 0 amide bonds. The number of nitrogens with one attached hydrogen (secondary N) is 2. The number of nitrogens with zero attached hydrogens (tertiary/aromatic N) is 3. The Balaban J connectivity index is 1.39. The molecule has 27 heavy (non-hydrogen) atoms. The van der Waals surface area contributed by atoms with Crippen molar-refractivity contribution < 1.29 is 4.74 Å². The standard InChI is InChI=1S/C20H21N5OS/c1-26-14-4-2-13(3-5-14)24-20-23-11-16-15(10-22-19(16)25-20)18-8-12-9-21-7-6-17(12)27-18/h6-11,13-14H,2-5H2,1H3,(H2,22,23,24,25)/t13-,14+. The predicted molar refractivity (Wildman–Crippen MR) is 109 cm³/mol. The molecule has 0 unspecified atom stereocenters. The number of aromatic nitrogens is 4. The van der Waals surface area contributed by atoms with E-state index in [0.29, 0.717) is 18.1 Å². The van der Waals surface area contributed by atoms with Crippen LogP contribution in [0.2, 0.25) is 0 Å². The molecular formula is C20H21N5OS. The largest absolute Gasteiger partial charge is 0.381 e. The molecule has 7 heteroatoms. The highest BCUT2D eigenvalue weighted by Gasteiger charge is 2.21. The molecular weight excluding hydrogens is 358 g/mol. The molecule has 5 rings (SSSR count). The number of fused-ring (bicyclic) bond motifs is 2. The first-order valence-corrected chi connectivity index (χ1v) is 10.1. The Hall–Kier alpha value is -2.51. The van der Waals surface area contributed by atoms with Crippen molar-refractivity contribution in [2.45, 2.75) is 37.8 Å². The first-order chi connectivity index (χ1) is 13.3. The molecule has 0 saturated heterocycles. The summed E-state index contributed by atoms with van der Waals surface area (Å²) >= 11 is 1.76. The van der Waals surface area contributed by atoms with Gasteiger partial charge in [-0.25, -0.2) is 4.98 Å². The molecule has 1 fully saturated rings. The monoisotopic (exact) mass is 379 g/mol. The maximum absolute atomic E-state index is 5.45. The number of ether oxygens (including phenoxy) is 1. The summed E-state index contributed by atoms with van der Waals surface area (Å²) in [5.41, 5.74) is 2.00. The lowest BCUT2D eigenvalue weighted by atomic mass is 9.93. The predicted octanol–water partition coefficient (Wildman–Crippen LogP) is 4.60. The second-order valence-corrected chi connectivity index (χ2v) is 8.12. The molecule has 0 spiro atoms. The first-order valence-electron chi connectivity index (χ1n) is 9.27. The lowest BCUT2D eigenvalue weighted by Crippen LogP contribution is -2.29. The van der Waals surface area contributed by atoms with Gasteiger partial charge in [-0.3, -0.25) is 4.98 Å². The van der Waals surface area contributed by atoms with E-state index in [9.17, 15) is 0 Å². The maximum Gasteiger partial charge on any atom is 0.224 e. The zero-order valence-electron chi connectivity index (χ0n) is 15.1. The van der Waals surface area contributed by atoms with Gasteiger partial charge in [0.15, 0.2) is 0 Å². The normalized spacial score (nSPS) is 20.3. The van der Waals surface area contributed by atoms with Gasteiger partial charge in [-0.05, 0) is 37.8 Å². The van der Waals surface area contributed by atoms with Crippen LogP contribution in [0.25, 0.3) is 31.6 Å². The number of H-pyrrole nitrogens is 1. The van der Waals surface area contributed by atoms with E-state index in [1.54, 1.807) is 18.4 Å². The zero-order valence-corrected chi connectivity index (χ0v) is 15.9. The van der Waals surface area contributed by atoms with Crippen LogP contribution < -0.4 is 5.32 Å². The van der Waals surface area contributed by atoms with E-state index in [0.717, 1.165) is 47.7 Å². The summed E-state index contributed by atoms with van der Waals surface area (Å²) in [4.78, 5) is 18.0. The van der Waals surface area contributed by atoms with Gasteiger partial charge in [-0.15, -0.1) is 11.3 Å². The number of hydrogen-bond donors (Lipinski definition) is 2. The van der Waals surface area contributed by atoms with Crippen molar-refractivity contribution in [2.75, 3.05) is 12.4 Å². The van der Waals surface area contributed by atoms with E-state index in [4.69, 9.17) is 9.72 Å². The van der Waals surface area contributed by atoms with Gasteiger partial charge in [0.1, 0.15) is 5.65 Å².